The summed E-state index contributed by atoms with van der Waals surface area (Å²) in [5.41, 5.74) is 9.50. The minimum Gasteiger partial charge on any atom is -0.381 e. The van der Waals surface area contributed by atoms with E-state index in [1.165, 1.54) is 5.01 Å². The van der Waals surface area contributed by atoms with E-state index in [4.69, 9.17) is 11.6 Å². The fourth-order valence-corrected chi connectivity index (χ4v) is 3.67. The molecule has 4 N–H and O–H groups in total. The Hall–Kier alpha value is -3.03. The van der Waals surface area contributed by atoms with Crippen LogP contribution in [-0.2, 0) is 12.8 Å². The predicted molar refractivity (Wildman–Crippen MR) is 112 cm³/mol. The van der Waals surface area contributed by atoms with Crippen LogP contribution < -0.4 is 16.6 Å². The van der Waals surface area contributed by atoms with E-state index in [2.05, 4.69) is 33.4 Å². The summed E-state index contributed by atoms with van der Waals surface area (Å²) < 4.78 is 3.87. The van der Waals surface area contributed by atoms with Gasteiger partial charge in [-0.15, -0.1) is 0 Å². The van der Waals surface area contributed by atoms with Crippen LogP contribution in [0.2, 0.25) is 0 Å². The number of hydrogen-bond donors (Lipinski definition) is 2. The largest absolute Gasteiger partial charge is 0.381 e. The van der Waals surface area contributed by atoms with Crippen molar-refractivity contribution < 1.29 is 0 Å². The first-order chi connectivity index (χ1) is 13.5. The number of nitrogen functional groups attached to an aromatic ring is 1. The number of anilines is 2. The molecule has 0 spiro atoms. The van der Waals surface area contributed by atoms with Gasteiger partial charge in [-0.1, -0.05) is 14.0 Å². The molecule has 0 saturated heterocycles. The van der Waals surface area contributed by atoms with Gasteiger partial charge in [0.25, 0.3) is 0 Å². The minimum atomic E-state index is -0.0819. The molecule has 0 atom stereocenters. The number of rotatable bonds is 6. The van der Waals surface area contributed by atoms with E-state index in [-0.39, 0.29) is 13.7 Å². The molecule has 0 aliphatic rings. The van der Waals surface area contributed by atoms with Gasteiger partial charge in [0.2, 0.25) is 0 Å². The van der Waals surface area contributed by atoms with Crippen LogP contribution in [0.25, 0.3) is 16.9 Å². The number of hydrazine groups is 1. The molecule has 0 fully saturated rings. The number of nitrogens with zero attached hydrogens (tertiary/aromatic N) is 7. The Bertz CT molecular complexity index is 1100. The normalized spacial score (nSPS) is 11.4. The Balaban J connectivity index is 1.58. The lowest BCUT2D eigenvalue weighted by Gasteiger charge is -2.19. The molecule has 0 saturated carbocycles. The van der Waals surface area contributed by atoms with Crippen molar-refractivity contribution in [3.05, 3.63) is 54.9 Å². The molecule has 0 bridgehead atoms. The second kappa shape index (κ2) is 7.53. The van der Waals surface area contributed by atoms with Crippen molar-refractivity contribution in [2.24, 2.45) is 5.84 Å². The van der Waals surface area contributed by atoms with Gasteiger partial charge in [-0.25, -0.2) is 20.8 Å². The van der Waals surface area contributed by atoms with Crippen molar-refractivity contribution in [1.82, 2.24) is 29.1 Å². The van der Waals surface area contributed by atoms with Gasteiger partial charge < -0.3 is 10.1 Å². The molecule has 4 rings (SSSR count). The van der Waals surface area contributed by atoms with Gasteiger partial charge in [-0.2, -0.15) is 5.10 Å². The Morgan fingerprint density at radius 1 is 1.14 bits per heavy atom. The first-order valence-corrected chi connectivity index (χ1v) is 11.2. The van der Waals surface area contributed by atoms with Crippen molar-refractivity contribution in [3.63, 3.8) is 0 Å². The Kier molecular flexibility index (Phi) is 4.93. The summed E-state index contributed by atoms with van der Waals surface area (Å²) >= 11 is 0. The zero-order valence-corrected chi connectivity index (χ0v) is 16.7. The topological polar surface area (TPSA) is 116 Å². The summed E-state index contributed by atoms with van der Waals surface area (Å²) in [6, 6.07) is 3.92. The van der Waals surface area contributed by atoms with Gasteiger partial charge >= 0.3 is 0 Å². The highest BCUT2D eigenvalue weighted by Gasteiger charge is 2.14. The molecule has 0 unspecified atom stereocenters. The van der Waals surface area contributed by atoms with E-state index in [9.17, 15) is 0 Å². The Labute approximate surface area is 163 Å². The number of pyridine rings is 1. The molecule has 0 aliphatic carbocycles. The quantitative estimate of drug-likeness (QED) is 0.292. The lowest BCUT2D eigenvalue weighted by atomic mass is 10.2. The van der Waals surface area contributed by atoms with Crippen LogP contribution >= 0.6 is 7.92 Å². The molecular formula is C18H22N9P. The molecule has 0 amide bonds. The molecule has 4 aromatic rings. The van der Waals surface area contributed by atoms with Crippen LogP contribution in [0, 0.1) is 0 Å². The van der Waals surface area contributed by atoms with Crippen LogP contribution in [0.15, 0.2) is 49.3 Å². The fourth-order valence-electron chi connectivity index (χ4n) is 2.93. The number of imidazole rings is 1. The maximum Gasteiger partial charge on any atom is 0.186 e. The standard InChI is InChI=1S/C18H22N9P/c1-28(2)12-26-11-14(7-23-26)15-8-22-17(19)18(24-15)27(20)10-13-3-4-16-21-5-6-25(16)9-13/h3-9,11H,10,12,20H2,1-2H3,(H2,19,22). The third kappa shape index (κ3) is 3.81. The van der Waals surface area contributed by atoms with Crippen LogP contribution in [0.5, 0.6) is 0 Å². The zero-order valence-electron chi connectivity index (χ0n) is 15.8. The summed E-state index contributed by atoms with van der Waals surface area (Å²) in [4.78, 5) is 13.2. The van der Waals surface area contributed by atoms with Gasteiger partial charge in [0.05, 0.1) is 30.9 Å². The van der Waals surface area contributed by atoms with Crippen molar-refractivity contribution in [2.75, 3.05) is 24.1 Å². The average Bonchev–Trinajstić information content (AvgIpc) is 3.30. The molecule has 0 aliphatic heterocycles. The van der Waals surface area contributed by atoms with Gasteiger partial charge in [0, 0.05) is 30.4 Å². The number of aromatic nitrogens is 6. The molecule has 4 aromatic heterocycles. The summed E-state index contributed by atoms with van der Waals surface area (Å²) in [7, 11) is -0.0819. The summed E-state index contributed by atoms with van der Waals surface area (Å²) in [6.45, 7) is 4.86. The fraction of sp³-hybridized carbons (Fsp3) is 0.222. The summed E-state index contributed by atoms with van der Waals surface area (Å²) in [6.07, 6.45) is 11.9. The van der Waals surface area contributed by atoms with Crippen LogP contribution in [0.4, 0.5) is 11.6 Å². The third-order valence-corrected chi connectivity index (χ3v) is 5.07. The molecule has 28 heavy (non-hydrogen) atoms. The van der Waals surface area contributed by atoms with E-state index in [0.717, 1.165) is 23.1 Å². The molecule has 10 heteroatoms. The predicted octanol–water partition coefficient (Wildman–Crippen LogP) is 2.15. The van der Waals surface area contributed by atoms with Gasteiger partial charge in [0.15, 0.2) is 11.6 Å². The van der Waals surface area contributed by atoms with E-state index in [1.54, 1.807) is 18.6 Å². The Morgan fingerprint density at radius 3 is 2.82 bits per heavy atom. The zero-order chi connectivity index (χ0) is 19.7. The highest BCUT2D eigenvalue weighted by molar-refractivity contribution is 7.54. The summed E-state index contributed by atoms with van der Waals surface area (Å²) in [5, 5.41) is 5.91. The first kappa shape index (κ1) is 18.3. The highest BCUT2D eigenvalue weighted by atomic mass is 31.1. The maximum atomic E-state index is 6.27. The smallest absolute Gasteiger partial charge is 0.186 e. The van der Waals surface area contributed by atoms with Gasteiger partial charge in [0.1, 0.15) is 5.65 Å². The summed E-state index contributed by atoms with van der Waals surface area (Å²) in [5.74, 6) is 6.99. The Morgan fingerprint density at radius 2 is 2.00 bits per heavy atom. The second-order valence-electron chi connectivity index (χ2n) is 6.81. The molecule has 0 aromatic carbocycles. The van der Waals surface area contributed by atoms with Crippen molar-refractivity contribution in [2.45, 2.75) is 12.8 Å². The third-order valence-electron chi connectivity index (χ3n) is 4.21. The average molecular weight is 395 g/mol. The second-order valence-corrected chi connectivity index (χ2v) is 9.25. The van der Waals surface area contributed by atoms with Crippen molar-refractivity contribution >= 4 is 25.2 Å². The first-order valence-electron chi connectivity index (χ1n) is 8.73. The van der Waals surface area contributed by atoms with E-state index in [1.807, 2.05) is 39.8 Å². The molecule has 9 nitrogen and oxygen atoms in total. The van der Waals surface area contributed by atoms with Crippen LogP contribution in [-0.4, -0.2) is 42.5 Å². The van der Waals surface area contributed by atoms with E-state index >= 15 is 0 Å². The molecule has 0 radical (unpaired) electrons. The monoisotopic (exact) mass is 395 g/mol. The lowest BCUT2D eigenvalue weighted by Crippen LogP contribution is -2.32. The number of hydrogen-bond acceptors (Lipinski definition) is 7. The number of fused-ring (bicyclic) bond motifs is 1. The molecule has 4 heterocycles. The highest BCUT2D eigenvalue weighted by Crippen LogP contribution is 2.28. The number of nitrogens with two attached hydrogens (primary N) is 2. The van der Waals surface area contributed by atoms with E-state index < -0.39 is 0 Å². The minimum absolute atomic E-state index is 0.0819. The van der Waals surface area contributed by atoms with Crippen molar-refractivity contribution in [3.8, 4) is 11.3 Å². The SMILES string of the molecule is CP(C)Cn1cc(-c2cnc(N)c(N(N)Cc3ccc4nccn4c3)n2)cn1. The molecular weight excluding hydrogens is 373 g/mol. The lowest BCUT2D eigenvalue weighted by molar-refractivity contribution is 0.745. The van der Waals surface area contributed by atoms with Gasteiger partial charge in [-0.05, 0) is 25.0 Å². The maximum absolute atomic E-state index is 6.27. The van der Waals surface area contributed by atoms with Crippen molar-refractivity contribution in [1.29, 1.82) is 0 Å². The van der Waals surface area contributed by atoms with E-state index in [0.29, 0.717) is 18.1 Å². The molecule has 144 valence electrons. The van der Waals surface area contributed by atoms with Gasteiger partial charge in [-0.3, -0.25) is 9.69 Å². The van der Waals surface area contributed by atoms with Crippen LogP contribution in [0.3, 0.4) is 0 Å². The van der Waals surface area contributed by atoms with Crippen LogP contribution in [0.1, 0.15) is 5.56 Å².